The Morgan fingerprint density at radius 3 is 1.65 bits per heavy atom. The van der Waals surface area contributed by atoms with Crippen molar-refractivity contribution in [3.05, 3.63) is 0 Å². The lowest BCUT2D eigenvalue weighted by Crippen LogP contribution is -2.38. The summed E-state index contributed by atoms with van der Waals surface area (Å²) in [5.41, 5.74) is -0.662. The van der Waals surface area contributed by atoms with Gasteiger partial charge >= 0.3 is 0 Å². The van der Waals surface area contributed by atoms with Crippen LogP contribution in [0.1, 0.15) is 53.4 Å². The molecule has 6 heteroatoms. The fourth-order valence-electron chi connectivity index (χ4n) is 2.33. The summed E-state index contributed by atoms with van der Waals surface area (Å²) in [5, 5.41) is 14.7. The Morgan fingerprint density at radius 2 is 1.35 bits per heavy atom. The van der Waals surface area contributed by atoms with Gasteiger partial charge in [-0.05, 0) is 25.7 Å². The zero-order chi connectivity index (χ0) is 15.9. The predicted molar refractivity (Wildman–Crippen MR) is 81.9 cm³/mol. The molecule has 0 amide bonds. The van der Waals surface area contributed by atoms with Gasteiger partial charge in [-0.25, -0.2) is 13.6 Å². The molecule has 20 heavy (non-hydrogen) atoms. The molecule has 5 nitrogen and oxygen atoms in total. The molecule has 0 fully saturated rings. The van der Waals surface area contributed by atoms with Crippen LogP contribution in [0.4, 0.5) is 0 Å². The van der Waals surface area contributed by atoms with Crippen LogP contribution in [0, 0.1) is 10.8 Å². The number of hydrogen-bond donors (Lipinski definition) is 2. The van der Waals surface area contributed by atoms with Crippen molar-refractivity contribution >= 4 is 10.0 Å². The van der Waals surface area contributed by atoms with Crippen LogP contribution in [-0.2, 0) is 14.8 Å². The molecule has 0 aromatic heterocycles. The van der Waals surface area contributed by atoms with Gasteiger partial charge < -0.3 is 9.84 Å². The zero-order valence-electron chi connectivity index (χ0n) is 13.3. The topological polar surface area (TPSA) is 89.6 Å². The van der Waals surface area contributed by atoms with Gasteiger partial charge in [0.15, 0.2) is 0 Å². The van der Waals surface area contributed by atoms with E-state index >= 15 is 0 Å². The van der Waals surface area contributed by atoms with Crippen LogP contribution in [0.15, 0.2) is 0 Å². The lowest BCUT2D eigenvalue weighted by molar-refractivity contribution is -0.0303. The van der Waals surface area contributed by atoms with Gasteiger partial charge in [0.2, 0.25) is 10.0 Å². The van der Waals surface area contributed by atoms with Crippen LogP contribution in [-0.4, -0.2) is 39.1 Å². The molecule has 0 aliphatic heterocycles. The third-order valence-electron chi connectivity index (χ3n) is 4.66. The molecule has 3 N–H and O–H groups in total. The lowest BCUT2D eigenvalue weighted by Gasteiger charge is -2.34. The van der Waals surface area contributed by atoms with Crippen molar-refractivity contribution in [1.29, 1.82) is 0 Å². The summed E-state index contributed by atoms with van der Waals surface area (Å²) in [7, 11) is -3.52. The minimum atomic E-state index is -3.52. The summed E-state index contributed by atoms with van der Waals surface area (Å²) in [6.45, 7) is 8.86. The number of aliphatic hydroxyl groups excluding tert-OH is 1. The molecule has 0 atom stereocenters. The molecule has 0 saturated carbocycles. The van der Waals surface area contributed by atoms with Crippen molar-refractivity contribution in [2.24, 2.45) is 16.0 Å². The van der Waals surface area contributed by atoms with E-state index in [-0.39, 0.29) is 17.8 Å². The molecule has 0 aromatic rings. The third kappa shape index (κ3) is 6.08. The molecule has 0 aromatic carbocycles. The van der Waals surface area contributed by atoms with E-state index in [1.807, 2.05) is 27.7 Å². The van der Waals surface area contributed by atoms with E-state index in [0.717, 1.165) is 12.8 Å². The van der Waals surface area contributed by atoms with E-state index in [1.54, 1.807) is 0 Å². The van der Waals surface area contributed by atoms with E-state index in [9.17, 15) is 13.5 Å². The summed E-state index contributed by atoms with van der Waals surface area (Å²) in [6, 6.07) is 0. The molecule has 0 spiro atoms. The van der Waals surface area contributed by atoms with Gasteiger partial charge in [0.1, 0.15) is 0 Å². The quantitative estimate of drug-likeness (QED) is 0.610. The highest BCUT2D eigenvalue weighted by molar-refractivity contribution is 7.89. The van der Waals surface area contributed by atoms with E-state index in [0.29, 0.717) is 26.1 Å². The molecule has 0 aliphatic carbocycles. The van der Waals surface area contributed by atoms with Crippen LogP contribution in [0.2, 0.25) is 0 Å². The highest BCUT2D eigenvalue weighted by Gasteiger charge is 2.33. The Hall–Kier alpha value is -0.170. The van der Waals surface area contributed by atoms with Crippen molar-refractivity contribution in [2.75, 3.05) is 25.6 Å². The van der Waals surface area contributed by atoms with Crippen molar-refractivity contribution in [1.82, 2.24) is 0 Å². The lowest BCUT2D eigenvalue weighted by atomic mass is 9.83. The Bertz CT molecular complexity index is 351. The molecule has 122 valence electrons. The Balaban J connectivity index is 4.71. The highest BCUT2D eigenvalue weighted by Crippen LogP contribution is 2.31. The van der Waals surface area contributed by atoms with Gasteiger partial charge in [0, 0.05) is 10.8 Å². The summed E-state index contributed by atoms with van der Waals surface area (Å²) in [6.07, 6.45) is 3.06. The van der Waals surface area contributed by atoms with Crippen LogP contribution < -0.4 is 5.14 Å². The van der Waals surface area contributed by atoms with E-state index < -0.39 is 15.4 Å². The monoisotopic (exact) mass is 309 g/mol. The van der Waals surface area contributed by atoms with Gasteiger partial charge in [-0.15, -0.1) is 0 Å². The maximum absolute atomic E-state index is 11.4. The number of rotatable bonds is 11. The second-order valence-electron chi connectivity index (χ2n) is 5.87. The van der Waals surface area contributed by atoms with Gasteiger partial charge in [-0.3, -0.25) is 0 Å². The number of sulfonamides is 1. The van der Waals surface area contributed by atoms with Crippen molar-refractivity contribution < 1.29 is 18.3 Å². The second kappa shape index (κ2) is 8.32. The van der Waals surface area contributed by atoms with E-state index in [2.05, 4.69) is 0 Å². The van der Waals surface area contributed by atoms with Crippen molar-refractivity contribution in [3.8, 4) is 0 Å². The van der Waals surface area contributed by atoms with Crippen molar-refractivity contribution in [3.63, 3.8) is 0 Å². The Morgan fingerprint density at radius 1 is 0.950 bits per heavy atom. The molecule has 0 rings (SSSR count). The molecule has 0 unspecified atom stereocenters. The number of primary sulfonamides is 1. The average Bonchev–Trinajstić information content (AvgIpc) is 2.41. The van der Waals surface area contributed by atoms with E-state index in [1.165, 1.54) is 0 Å². The summed E-state index contributed by atoms with van der Waals surface area (Å²) in [4.78, 5) is 0. The highest BCUT2D eigenvalue weighted by atomic mass is 32.2. The molecule has 0 radical (unpaired) electrons. The minimum Gasteiger partial charge on any atom is -0.396 e. The van der Waals surface area contributed by atoms with Gasteiger partial charge in [0.25, 0.3) is 0 Å². The average molecular weight is 309 g/mol. The fraction of sp³-hybridized carbons (Fsp3) is 1.00. The molecule has 0 aliphatic rings. The molecule has 0 heterocycles. The molecule has 0 saturated heterocycles. The molecular weight excluding hydrogens is 278 g/mol. The third-order valence-corrected chi connectivity index (χ3v) is 5.67. The maximum Gasteiger partial charge on any atom is 0.209 e. The SMILES string of the molecule is CCC(CC)(CO)COCC(CC)(CC)CS(N)(=O)=O. The summed E-state index contributed by atoms with van der Waals surface area (Å²) < 4.78 is 28.5. The first-order valence-corrected chi connectivity index (χ1v) is 9.12. The second-order valence-corrected chi connectivity index (χ2v) is 7.49. The smallest absolute Gasteiger partial charge is 0.209 e. The summed E-state index contributed by atoms with van der Waals surface area (Å²) in [5.74, 6) is -0.0582. The Kier molecular flexibility index (Phi) is 8.25. The number of hydrogen-bond acceptors (Lipinski definition) is 4. The van der Waals surface area contributed by atoms with Gasteiger partial charge in [-0.2, -0.15) is 0 Å². The van der Waals surface area contributed by atoms with Gasteiger partial charge in [0.05, 0.1) is 25.6 Å². The van der Waals surface area contributed by atoms with Crippen LogP contribution in [0.5, 0.6) is 0 Å². The molecular formula is C14H31NO4S. The van der Waals surface area contributed by atoms with Crippen LogP contribution in [0.25, 0.3) is 0 Å². The standard InChI is InChI=1S/C14H31NO4S/c1-5-13(6-2,9-16)10-19-11-14(7-3,8-4)12-20(15,17)18/h16H,5-12H2,1-4H3,(H2,15,17,18). The first-order valence-electron chi connectivity index (χ1n) is 7.41. The van der Waals surface area contributed by atoms with E-state index in [4.69, 9.17) is 9.88 Å². The minimum absolute atomic E-state index is 0.0582. The zero-order valence-corrected chi connectivity index (χ0v) is 14.1. The maximum atomic E-state index is 11.4. The van der Waals surface area contributed by atoms with Gasteiger partial charge in [-0.1, -0.05) is 27.7 Å². The number of ether oxygens (including phenoxy) is 1. The number of aliphatic hydroxyl groups is 1. The fourth-order valence-corrected chi connectivity index (χ4v) is 3.68. The Labute approximate surface area is 123 Å². The van der Waals surface area contributed by atoms with Crippen molar-refractivity contribution in [2.45, 2.75) is 53.4 Å². The summed E-state index contributed by atoms with van der Waals surface area (Å²) >= 11 is 0. The number of nitrogens with two attached hydrogens (primary N) is 1. The first kappa shape index (κ1) is 19.8. The van der Waals surface area contributed by atoms with Crippen LogP contribution >= 0.6 is 0 Å². The molecule has 0 bridgehead atoms. The predicted octanol–water partition coefficient (Wildman–Crippen LogP) is 1.90. The first-order chi connectivity index (χ1) is 9.22. The normalized spacial score (nSPS) is 13.7. The van der Waals surface area contributed by atoms with Crippen LogP contribution in [0.3, 0.4) is 0 Å². The largest absolute Gasteiger partial charge is 0.396 e.